The van der Waals surface area contributed by atoms with Crippen molar-refractivity contribution in [1.82, 2.24) is 5.48 Å². The molecule has 0 bridgehead atoms. The summed E-state index contributed by atoms with van der Waals surface area (Å²) in [7, 11) is 1.61. The summed E-state index contributed by atoms with van der Waals surface area (Å²) in [5.41, 5.74) is 3.34. The summed E-state index contributed by atoms with van der Waals surface area (Å²) in [6.07, 6.45) is 2.91. The number of nitrogens with one attached hydrogen (secondary N) is 1. The summed E-state index contributed by atoms with van der Waals surface area (Å²) in [4.78, 5) is 16.9. The lowest BCUT2D eigenvalue weighted by Crippen LogP contribution is -2.33. The third-order valence-corrected chi connectivity index (χ3v) is 2.97. The molecule has 1 heterocycles. The number of rotatable bonds is 5. The van der Waals surface area contributed by atoms with Gasteiger partial charge in [-0.25, -0.2) is 10.3 Å². The third kappa shape index (κ3) is 4.54. The molecule has 1 aliphatic rings. The maximum atomic E-state index is 11.7. The quantitative estimate of drug-likeness (QED) is 0.825. The van der Waals surface area contributed by atoms with E-state index in [1.165, 1.54) is 0 Å². The van der Waals surface area contributed by atoms with Crippen LogP contribution in [-0.2, 0) is 20.8 Å². The van der Waals surface area contributed by atoms with Gasteiger partial charge in [0.1, 0.15) is 5.75 Å². The van der Waals surface area contributed by atoms with Crippen molar-refractivity contribution in [2.45, 2.75) is 32.0 Å². The van der Waals surface area contributed by atoms with Crippen molar-refractivity contribution in [2.24, 2.45) is 0 Å². The molecular weight excluding hydrogens is 246 g/mol. The molecule has 1 saturated heterocycles. The van der Waals surface area contributed by atoms with Gasteiger partial charge < -0.3 is 9.47 Å². The Balaban J connectivity index is 1.73. The smallest absolute Gasteiger partial charge is 0.248 e. The molecule has 1 atom stereocenters. The minimum absolute atomic E-state index is 0.181. The SMILES string of the molecule is COc1ccc(CC(=O)NO[C@H]2CCCCO2)cc1. The fraction of sp³-hybridized carbons (Fsp3) is 0.500. The Morgan fingerprint density at radius 3 is 2.79 bits per heavy atom. The van der Waals surface area contributed by atoms with Crippen LogP contribution in [0.25, 0.3) is 0 Å². The molecule has 104 valence electrons. The molecule has 0 spiro atoms. The van der Waals surface area contributed by atoms with Gasteiger partial charge in [-0.1, -0.05) is 12.1 Å². The van der Waals surface area contributed by atoms with Crippen LogP contribution < -0.4 is 10.2 Å². The van der Waals surface area contributed by atoms with E-state index in [2.05, 4.69) is 5.48 Å². The minimum Gasteiger partial charge on any atom is -0.497 e. The summed E-state index contributed by atoms with van der Waals surface area (Å²) < 4.78 is 10.4. The first-order valence-corrected chi connectivity index (χ1v) is 6.47. The Labute approximate surface area is 112 Å². The van der Waals surface area contributed by atoms with Crippen LogP contribution in [0.2, 0.25) is 0 Å². The monoisotopic (exact) mass is 265 g/mol. The Morgan fingerprint density at radius 2 is 2.16 bits per heavy atom. The zero-order valence-corrected chi connectivity index (χ0v) is 11.1. The van der Waals surface area contributed by atoms with Gasteiger partial charge in [-0.2, -0.15) is 0 Å². The van der Waals surface area contributed by atoms with Crippen LogP contribution in [0.5, 0.6) is 5.75 Å². The van der Waals surface area contributed by atoms with E-state index in [-0.39, 0.29) is 18.6 Å². The van der Waals surface area contributed by atoms with E-state index in [4.69, 9.17) is 14.3 Å². The Kier molecular flexibility index (Phi) is 5.18. The van der Waals surface area contributed by atoms with E-state index < -0.39 is 0 Å². The van der Waals surface area contributed by atoms with Crippen LogP contribution in [0.1, 0.15) is 24.8 Å². The first-order chi connectivity index (χ1) is 9.28. The number of hydroxylamine groups is 1. The number of carbonyl (C=O) groups is 1. The van der Waals surface area contributed by atoms with E-state index in [1.54, 1.807) is 7.11 Å². The first-order valence-electron chi connectivity index (χ1n) is 6.47. The molecule has 0 saturated carbocycles. The van der Waals surface area contributed by atoms with Gasteiger partial charge in [-0.3, -0.25) is 4.79 Å². The molecule has 0 unspecified atom stereocenters. The fourth-order valence-corrected chi connectivity index (χ4v) is 1.90. The number of hydrogen-bond donors (Lipinski definition) is 1. The average molecular weight is 265 g/mol. The largest absolute Gasteiger partial charge is 0.497 e. The molecule has 19 heavy (non-hydrogen) atoms. The average Bonchev–Trinajstić information content (AvgIpc) is 2.47. The zero-order chi connectivity index (χ0) is 13.5. The van der Waals surface area contributed by atoms with Crippen molar-refractivity contribution in [3.05, 3.63) is 29.8 Å². The van der Waals surface area contributed by atoms with E-state index >= 15 is 0 Å². The molecule has 0 aromatic heterocycles. The predicted molar refractivity (Wildman–Crippen MR) is 69.5 cm³/mol. The van der Waals surface area contributed by atoms with Crippen molar-refractivity contribution in [2.75, 3.05) is 13.7 Å². The molecule has 1 aliphatic heterocycles. The molecule has 2 rings (SSSR count). The minimum atomic E-state index is -0.312. The maximum Gasteiger partial charge on any atom is 0.248 e. The van der Waals surface area contributed by atoms with E-state index in [9.17, 15) is 4.79 Å². The second kappa shape index (κ2) is 7.11. The number of amides is 1. The Morgan fingerprint density at radius 1 is 1.37 bits per heavy atom. The van der Waals surface area contributed by atoms with Crippen molar-refractivity contribution in [1.29, 1.82) is 0 Å². The second-order valence-electron chi connectivity index (χ2n) is 4.46. The van der Waals surface area contributed by atoms with E-state index in [0.717, 1.165) is 30.6 Å². The van der Waals surface area contributed by atoms with Crippen LogP contribution in [0, 0.1) is 0 Å². The van der Waals surface area contributed by atoms with Crippen LogP contribution >= 0.6 is 0 Å². The highest BCUT2D eigenvalue weighted by atomic mass is 16.8. The highest BCUT2D eigenvalue weighted by Gasteiger charge is 2.15. The molecule has 5 heteroatoms. The zero-order valence-electron chi connectivity index (χ0n) is 11.1. The standard InChI is InChI=1S/C14H19NO4/c1-17-12-7-5-11(6-8-12)10-13(16)15-19-14-4-2-3-9-18-14/h5-8,14H,2-4,9-10H2,1H3,(H,15,16)/t14-/m0/s1. The molecule has 1 N–H and O–H groups in total. The van der Waals surface area contributed by atoms with E-state index in [1.807, 2.05) is 24.3 Å². The molecule has 1 aromatic carbocycles. The number of benzene rings is 1. The lowest BCUT2D eigenvalue weighted by atomic mass is 10.1. The molecule has 1 fully saturated rings. The van der Waals surface area contributed by atoms with Gasteiger partial charge in [0.2, 0.25) is 5.91 Å². The maximum absolute atomic E-state index is 11.7. The van der Waals surface area contributed by atoms with Crippen molar-refractivity contribution >= 4 is 5.91 Å². The molecule has 0 aliphatic carbocycles. The van der Waals surface area contributed by atoms with Crippen LogP contribution in [0.15, 0.2) is 24.3 Å². The topological polar surface area (TPSA) is 56.8 Å². The molecule has 1 amide bonds. The van der Waals surface area contributed by atoms with Crippen molar-refractivity contribution in [3.63, 3.8) is 0 Å². The summed E-state index contributed by atoms with van der Waals surface area (Å²) in [6.45, 7) is 0.693. The molecular formula is C14H19NO4. The Hall–Kier alpha value is -1.59. The van der Waals surface area contributed by atoms with Gasteiger partial charge >= 0.3 is 0 Å². The number of carbonyl (C=O) groups excluding carboxylic acids is 1. The fourth-order valence-electron chi connectivity index (χ4n) is 1.90. The van der Waals surface area contributed by atoms with Crippen LogP contribution in [-0.4, -0.2) is 25.9 Å². The summed E-state index contributed by atoms with van der Waals surface area (Å²) in [5.74, 6) is 0.593. The van der Waals surface area contributed by atoms with Gasteiger partial charge in [0.25, 0.3) is 0 Å². The van der Waals surface area contributed by atoms with Crippen molar-refractivity contribution in [3.8, 4) is 5.75 Å². The van der Waals surface area contributed by atoms with Gasteiger partial charge in [0, 0.05) is 13.0 Å². The highest BCUT2D eigenvalue weighted by Crippen LogP contribution is 2.13. The highest BCUT2D eigenvalue weighted by molar-refractivity contribution is 5.77. The first kappa shape index (κ1) is 13.8. The molecule has 0 radical (unpaired) electrons. The number of hydrogen-bond acceptors (Lipinski definition) is 4. The lowest BCUT2D eigenvalue weighted by Gasteiger charge is -2.22. The summed E-state index contributed by atoms with van der Waals surface area (Å²) in [6, 6.07) is 7.37. The lowest BCUT2D eigenvalue weighted by molar-refractivity contribution is -0.200. The normalized spacial score (nSPS) is 18.9. The summed E-state index contributed by atoms with van der Waals surface area (Å²) >= 11 is 0. The van der Waals surface area contributed by atoms with Gasteiger partial charge in [-0.15, -0.1) is 0 Å². The van der Waals surface area contributed by atoms with Crippen LogP contribution in [0.3, 0.4) is 0 Å². The van der Waals surface area contributed by atoms with Gasteiger partial charge in [-0.05, 0) is 30.5 Å². The second-order valence-corrected chi connectivity index (χ2v) is 4.46. The van der Waals surface area contributed by atoms with Gasteiger partial charge in [0.15, 0.2) is 6.29 Å². The number of methoxy groups -OCH3 is 1. The Bertz CT molecular complexity index is 398. The number of ether oxygens (including phenoxy) is 2. The van der Waals surface area contributed by atoms with E-state index in [0.29, 0.717) is 6.61 Å². The summed E-state index contributed by atoms with van der Waals surface area (Å²) in [5, 5.41) is 0. The van der Waals surface area contributed by atoms with Gasteiger partial charge in [0.05, 0.1) is 13.5 Å². The predicted octanol–water partition coefficient (Wildman–Crippen LogP) is 1.81. The molecule has 5 nitrogen and oxygen atoms in total. The van der Waals surface area contributed by atoms with Crippen LogP contribution in [0.4, 0.5) is 0 Å². The van der Waals surface area contributed by atoms with Crippen molar-refractivity contribution < 1.29 is 19.1 Å². The third-order valence-electron chi connectivity index (χ3n) is 2.97. The molecule has 1 aromatic rings.